The topological polar surface area (TPSA) is 97.9 Å². The monoisotopic (exact) mass is 419 g/mol. The molecule has 156 valence electrons. The van der Waals surface area contributed by atoms with Gasteiger partial charge < -0.3 is 20.3 Å². The first-order valence-electron chi connectivity index (χ1n) is 9.42. The van der Waals surface area contributed by atoms with Crippen LogP contribution >= 0.6 is 11.6 Å². The number of carbonyl (C=O) groups is 1. The van der Waals surface area contributed by atoms with Crippen molar-refractivity contribution in [2.45, 2.75) is 39.3 Å². The summed E-state index contributed by atoms with van der Waals surface area (Å²) in [4.78, 5) is 16.5. The van der Waals surface area contributed by atoms with Crippen LogP contribution in [0.25, 0.3) is 11.1 Å². The molecule has 0 spiro atoms. The zero-order valence-electron chi connectivity index (χ0n) is 17.0. The Hall–Kier alpha value is -2.51. The Bertz CT molecular complexity index is 930. The highest BCUT2D eigenvalue weighted by Gasteiger charge is 2.26. The molecule has 7 nitrogen and oxygen atoms in total. The maximum absolute atomic E-state index is 11.2. The Morgan fingerprint density at radius 2 is 2.17 bits per heavy atom. The van der Waals surface area contributed by atoms with Crippen molar-refractivity contribution < 1.29 is 19.4 Å². The minimum atomic E-state index is -1.09. The van der Waals surface area contributed by atoms with Gasteiger partial charge in [-0.25, -0.2) is 9.78 Å². The fourth-order valence-corrected chi connectivity index (χ4v) is 3.78. The van der Waals surface area contributed by atoms with Crippen LogP contribution in [-0.4, -0.2) is 35.4 Å². The molecule has 1 amide bonds. The summed E-state index contributed by atoms with van der Waals surface area (Å²) >= 11 is 6.57. The van der Waals surface area contributed by atoms with Crippen molar-refractivity contribution in [3.63, 3.8) is 0 Å². The van der Waals surface area contributed by atoms with Crippen LogP contribution in [-0.2, 0) is 6.61 Å². The molecule has 2 aromatic rings. The van der Waals surface area contributed by atoms with Gasteiger partial charge in [0.15, 0.2) is 0 Å². The van der Waals surface area contributed by atoms with Crippen molar-refractivity contribution in [3.05, 3.63) is 35.0 Å². The van der Waals surface area contributed by atoms with Crippen LogP contribution < -0.4 is 20.1 Å². The Kier molecular flexibility index (Phi) is 5.91. The predicted molar refractivity (Wildman–Crippen MR) is 113 cm³/mol. The lowest BCUT2D eigenvalue weighted by Crippen LogP contribution is -2.43. The number of amides is 1. The summed E-state index contributed by atoms with van der Waals surface area (Å²) in [5, 5.41) is 9.58. The zero-order chi connectivity index (χ0) is 21.3. The fraction of sp³-hybridized carbons (Fsp3) is 0.429. The fourth-order valence-electron chi connectivity index (χ4n) is 3.51. The number of pyridine rings is 1. The van der Waals surface area contributed by atoms with E-state index < -0.39 is 11.6 Å². The number of nitrogens with zero attached hydrogens (tertiary/aromatic N) is 2. The van der Waals surface area contributed by atoms with Crippen LogP contribution in [0.5, 0.6) is 11.5 Å². The lowest BCUT2D eigenvalue weighted by atomic mass is 9.93. The average Bonchev–Trinajstić information content (AvgIpc) is 2.65. The van der Waals surface area contributed by atoms with Gasteiger partial charge in [-0.2, -0.15) is 0 Å². The Labute approximate surface area is 175 Å². The number of carboxylic acid groups (broad SMARTS) is 1. The second-order valence-electron chi connectivity index (χ2n) is 8.12. The van der Waals surface area contributed by atoms with Gasteiger partial charge in [0.2, 0.25) is 0 Å². The lowest BCUT2D eigenvalue weighted by molar-refractivity contribution is 0.203. The maximum atomic E-state index is 11.2. The second-order valence-corrected chi connectivity index (χ2v) is 8.50. The van der Waals surface area contributed by atoms with Gasteiger partial charge in [-0.3, -0.25) is 4.90 Å². The maximum Gasteiger partial charge on any atom is 0.412 e. The molecule has 3 rings (SSSR count). The highest BCUT2D eigenvalue weighted by Crippen LogP contribution is 2.46. The first kappa shape index (κ1) is 21.2. The Balaban J connectivity index is 1.90. The Morgan fingerprint density at radius 3 is 2.83 bits per heavy atom. The molecule has 0 unspecified atom stereocenters. The largest absolute Gasteiger partial charge is 0.490 e. The smallest absolute Gasteiger partial charge is 0.412 e. The quantitative estimate of drug-likeness (QED) is 0.712. The van der Waals surface area contributed by atoms with Gasteiger partial charge >= 0.3 is 6.09 Å². The minimum Gasteiger partial charge on any atom is -0.490 e. The molecule has 0 radical (unpaired) electrons. The van der Waals surface area contributed by atoms with Gasteiger partial charge in [0.1, 0.15) is 35.6 Å². The average molecular weight is 420 g/mol. The van der Waals surface area contributed by atoms with E-state index in [-0.39, 0.29) is 6.61 Å². The summed E-state index contributed by atoms with van der Waals surface area (Å²) in [7, 11) is 1.45. The van der Waals surface area contributed by atoms with Crippen molar-refractivity contribution >= 4 is 23.5 Å². The molecule has 2 heterocycles. The summed E-state index contributed by atoms with van der Waals surface area (Å²) in [6.07, 6.45) is 1.36. The number of ether oxygens (including phenoxy) is 2. The highest BCUT2D eigenvalue weighted by atomic mass is 35.5. The number of rotatable bonds is 6. The van der Waals surface area contributed by atoms with Crippen molar-refractivity contribution in [2.75, 3.05) is 18.6 Å². The molecule has 29 heavy (non-hydrogen) atoms. The van der Waals surface area contributed by atoms with Crippen LogP contribution in [0, 0.1) is 5.92 Å². The third kappa shape index (κ3) is 4.57. The molecule has 1 aromatic heterocycles. The molecule has 0 saturated carbocycles. The van der Waals surface area contributed by atoms with Crippen molar-refractivity contribution in [2.24, 2.45) is 11.7 Å². The molecule has 8 heteroatoms. The van der Waals surface area contributed by atoms with Gasteiger partial charge in [-0.1, -0.05) is 25.4 Å². The molecule has 1 atom stereocenters. The minimum absolute atomic E-state index is 0.289. The van der Waals surface area contributed by atoms with Crippen LogP contribution in [0.3, 0.4) is 0 Å². The molecule has 1 aliphatic rings. The number of halogens is 1. The summed E-state index contributed by atoms with van der Waals surface area (Å²) in [5.41, 5.74) is 8.32. The highest BCUT2D eigenvalue weighted by molar-refractivity contribution is 6.34. The molecule has 1 aliphatic heterocycles. The third-order valence-electron chi connectivity index (χ3n) is 4.76. The van der Waals surface area contributed by atoms with E-state index in [9.17, 15) is 9.90 Å². The third-order valence-corrected chi connectivity index (χ3v) is 5.12. The van der Waals surface area contributed by atoms with Crippen molar-refractivity contribution in [1.82, 2.24) is 4.98 Å². The molecule has 3 N–H and O–H groups in total. The van der Waals surface area contributed by atoms with E-state index >= 15 is 0 Å². The van der Waals surface area contributed by atoms with E-state index in [1.165, 1.54) is 7.05 Å². The van der Waals surface area contributed by atoms with E-state index in [0.29, 0.717) is 34.9 Å². The van der Waals surface area contributed by atoms with E-state index in [0.717, 1.165) is 28.0 Å². The number of anilines is 1. The molecular weight excluding hydrogens is 394 g/mol. The number of aromatic nitrogens is 1. The standard InChI is InChI=1S/C21H26ClN3O4/c1-12(2)8-21(3,23)11-29-16-6-5-14-15-7-17(25(4)20(26)27)24-9-13(15)10-28-19(14)18(16)22/h5-7,9,12H,8,10-11,23H2,1-4H3,(H,26,27)/t21-/m0/s1. The molecule has 0 saturated heterocycles. The van der Waals surface area contributed by atoms with Gasteiger partial charge in [0.05, 0.1) is 0 Å². The van der Waals surface area contributed by atoms with Crippen molar-refractivity contribution in [3.8, 4) is 22.6 Å². The Morgan fingerprint density at radius 1 is 1.45 bits per heavy atom. The van der Waals surface area contributed by atoms with Crippen LogP contribution in [0.4, 0.5) is 10.6 Å². The summed E-state index contributed by atoms with van der Waals surface area (Å²) in [6.45, 7) is 6.81. The number of nitrogens with two attached hydrogens (primary N) is 1. The summed E-state index contributed by atoms with van der Waals surface area (Å²) < 4.78 is 11.8. The van der Waals surface area contributed by atoms with E-state index in [2.05, 4.69) is 18.8 Å². The van der Waals surface area contributed by atoms with Crippen LogP contribution in [0.2, 0.25) is 5.02 Å². The van der Waals surface area contributed by atoms with Gasteiger partial charge in [-0.15, -0.1) is 0 Å². The normalized spacial score (nSPS) is 14.4. The number of fused-ring (bicyclic) bond motifs is 3. The molecule has 0 fully saturated rings. The summed E-state index contributed by atoms with van der Waals surface area (Å²) in [6, 6.07) is 5.36. The molecule has 0 aliphatic carbocycles. The SMILES string of the molecule is CC(C)C[C@](C)(N)COc1ccc2c(c1Cl)OCc1cnc(N(C)C(=O)O)cc1-2. The predicted octanol–water partition coefficient (Wildman–Crippen LogP) is 4.55. The lowest BCUT2D eigenvalue weighted by Gasteiger charge is -2.28. The summed E-state index contributed by atoms with van der Waals surface area (Å²) in [5.74, 6) is 1.80. The first-order valence-corrected chi connectivity index (χ1v) is 9.80. The van der Waals surface area contributed by atoms with Crippen molar-refractivity contribution in [1.29, 1.82) is 0 Å². The van der Waals surface area contributed by atoms with Crippen LogP contribution in [0.15, 0.2) is 24.4 Å². The number of benzene rings is 1. The first-order chi connectivity index (χ1) is 13.6. The molecule has 0 bridgehead atoms. The second kappa shape index (κ2) is 8.08. The van der Waals surface area contributed by atoms with Crippen LogP contribution in [0.1, 0.15) is 32.8 Å². The zero-order valence-corrected chi connectivity index (χ0v) is 17.8. The number of hydrogen-bond acceptors (Lipinski definition) is 5. The van der Waals surface area contributed by atoms with Gasteiger partial charge in [0.25, 0.3) is 0 Å². The molecular formula is C21H26ClN3O4. The van der Waals surface area contributed by atoms with Gasteiger partial charge in [0, 0.05) is 29.9 Å². The molecule has 1 aromatic carbocycles. The van der Waals surface area contributed by atoms with Gasteiger partial charge in [-0.05, 0) is 43.0 Å². The van der Waals surface area contributed by atoms with E-state index in [1.807, 2.05) is 13.0 Å². The van der Waals surface area contributed by atoms with E-state index in [1.54, 1.807) is 18.3 Å². The number of hydrogen-bond donors (Lipinski definition) is 2. The van der Waals surface area contributed by atoms with E-state index in [4.69, 9.17) is 26.8 Å².